The quantitative estimate of drug-likeness (QED) is 0.912. The molecule has 104 valence electrons. The van der Waals surface area contributed by atoms with Crippen LogP contribution in [0.25, 0.3) is 11.3 Å². The summed E-state index contributed by atoms with van der Waals surface area (Å²) in [5, 5.41) is 3.38. The van der Waals surface area contributed by atoms with Crippen molar-refractivity contribution in [1.82, 2.24) is 15.3 Å². The van der Waals surface area contributed by atoms with E-state index >= 15 is 0 Å². The molecule has 1 aliphatic rings. The summed E-state index contributed by atoms with van der Waals surface area (Å²) in [5.41, 5.74) is 2.54. The number of hydrogen-bond donors (Lipinski definition) is 1. The molecule has 0 saturated carbocycles. The van der Waals surface area contributed by atoms with Crippen LogP contribution in [0.4, 0.5) is 4.39 Å². The largest absolute Gasteiger partial charge is 0.316 e. The van der Waals surface area contributed by atoms with Gasteiger partial charge in [0.15, 0.2) is 0 Å². The zero-order valence-electron chi connectivity index (χ0n) is 11.6. The molecule has 3 rings (SSSR count). The number of piperidine rings is 1. The predicted molar refractivity (Wildman–Crippen MR) is 77.0 cm³/mol. The molecule has 0 bridgehead atoms. The van der Waals surface area contributed by atoms with E-state index in [1.54, 1.807) is 6.07 Å². The minimum atomic E-state index is -0.236. The average molecular weight is 271 g/mol. The standard InChI is InChI=1S/C16H18FN3/c1-11-8-15(12-4-2-6-14(17)9-12)20-16(19-11)13-5-3-7-18-10-13/h2,4,6,8-9,13,18H,3,5,7,10H2,1H3/t13-/m1/s1. The van der Waals surface area contributed by atoms with E-state index in [9.17, 15) is 4.39 Å². The summed E-state index contributed by atoms with van der Waals surface area (Å²) in [7, 11) is 0. The Morgan fingerprint density at radius 2 is 2.15 bits per heavy atom. The number of halogens is 1. The SMILES string of the molecule is Cc1cc(-c2cccc(F)c2)nc([C@@H]2CCCNC2)n1. The van der Waals surface area contributed by atoms with Gasteiger partial charge in [-0.2, -0.15) is 0 Å². The van der Waals surface area contributed by atoms with Gasteiger partial charge in [0.05, 0.1) is 5.69 Å². The van der Waals surface area contributed by atoms with Gasteiger partial charge in [-0.15, -0.1) is 0 Å². The van der Waals surface area contributed by atoms with Gasteiger partial charge in [0.2, 0.25) is 0 Å². The molecular weight excluding hydrogens is 253 g/mol. The number of aryl methyl sites for hydroxylation is 1. The Labute approximate surface area is 118 Å². The fourth-order valence-electron chi connectivity index (χ4n) is 2.64. The van der Waals surface area contributed by atoms with E-state index in [0.29, 0.717) is 5.92 Å². The second kappa shape index (κ2) is 5.67. The third-order valence-electron chi connectivity index (χ3n) is 3.65. The highest BCUT2D eigenvalue weighted by atomic mass is 19.1. The normalized spacial score (nSPS) is 19.0. The van der Waals surface area contributed by atoms with Gasteiger partial charge in [-0.3, -0.25) is 0 Å². The molecule has 4 heteroatoms. The van der Waals surface area contributed by atoms with Crippen molar-refractivity contribution < 1.29 is 4.39 Å². The zero-order chi connectivity index (χ0) is 13.9. The van der Waals surface area contributed by atoms with Crippen molar-refractivity contribution in [1.29, 1.82) is 0 Å². The van der Waals surface area contributed by atoms with Crippen molar-refractivity contribution in [3.63, 3.8) is 0 Å². The second-order valence-electron chi connectivity index (χ2n) is 5.31. The van der Waals surface area contributed by atoms with Gasteiger partial charge in [-0.05, 0) is 44.5 Å². The van der Waals surface area contributed by atoms with Crippen molar-refractivity contribution in [2.24, 2.45) is 0 Å². The van der Waals surface area contributed by atoms with Gasteiger partial charge in [0.1, 0.15) is 11.6 Å². The first-order valence-electron chi connectivity index (χ1n) is 7.04. The molecule has 1 fully saturated rings. The number of nitrogens with zero attached hydrogens (tertiary/aromatic N) is 2. The van der Waals surface area contributed by atoms with E-state index in [4.69, 9.17) is 0 Å². The van der Waals surface area contributed by atoms with Crippen LogP contribution in [0, 0.1) is 12.7 Å². The summed E-state index contributed by atoms with van der Waals surface area (Å²) in [6.45, 7) is 3.95. The number of nitrogens with one attached hydrogen (secondary N) is 1. The summed E-state index contributed by atoms with van der Waals surface area (Å²) in [6.07, 6.45) is 2.26. The molecular formula is C16H18FN3. The summed E-state index contributed by atoms with van der Waals surface area (Å²) in [6, 6.07) is 8.47. The highest BCUT2D eigenvalue weighted by Crippen LogP contribution is 2.24. The van der Waals surface area contributed by atoms with E-state index in [1.165, 1.54) is 12.1 Å². The first-order valence-corrected chi connectivity index (χ1v) is 7.04. The molecule has 0 aliphatic carbocycles. The van der Waals surface area contributed by atoms with E-state index in [1.807, 2.05) is 19.1 Å². The van der Waals surface area contributed by atoms with Crippen molar-refractivity contribution in [3.8, 4) is 11.3 Å². The summed E-state index contributed by atoms with van der Waals surface area (Å²) in [5.74, 6) is 0.993. The first-order chi connectivity index (χ1) is 9.72. The average Bonchev–Trinajstić information content (AvgIpc) is 2.47. The summed E-state index contributed by atoms with van der Waals surface area (Å²) >= 11 is 0. The van der Waals surface area contributed by atoms with Gasteiger partial charge in [-0.1, -0.05) is 12.1 Å². The van der Waals surface area contributed by atoms with E-state index < -0.39 is 0 Å². The van der Waals surface area contributed by atoms with Crippen LogP contribution in [-0.4, -0.2) is 23.1 Å². The number of benzene rings is 1. The lowest BCUT2D eigenvalue weighted by Crippen LogP contribution is -2.29. The van der Waals surface area contributed by atoms with E-state index in [2.05, 4.69) is 15.3 Å². The third-order valence-corrected chi connectivity index (χ3v) is 3.65. The second-order valence-corrected chi connectivity index (χ2v) is 5.31. The molecule has 0 amide bonds. The maximum Gasteiger partial charge on any atom is 0.133 e. The van der Waals surface area contributed by atoms with Crippen LogP contribution in [0.1, 0.15) is 30.3 Å². The lowest BCUT2D eigenvalue weighted by molar-refractivity contribution is 0.446. The van der Waals surface area contributed by atoms with Crippen LogP contribution in [-0.2, 0) is 0 Å². The molecule has 20 heavy (non-hydrogen) atoms. The number of aromatic nitrogens is 2. The predicted octanol–water partition coefficient (Wildman–Crippen LogP) is 3.06. The van der Waals surface area contributed by atoms with E-state index in [-0.39, 0.29) is 5.82 Å². The number of rotatable bonds is 2. The van der Waals surface area contributed by atoms with Crippen molar-refractivity contribution in [2.75, 3.05) is 13.1 Å². The number of hydrogen-bond acceptors (Lipinski definition) is 3. The van der Waals surface area contributed by atoms with Crippen LogP contribution in [0.5, 0.6) is 0 Å². The molecule has 1 aliphatic heterocycles. The fraction of sp³-hybridized carbons (Fsp3) is 0.375. The molecule has 1 atom stereocenters. The Balaban J connectivity index is 1.97. The van der Waals surface area contributed by atoms with Gasteiger partial charge in [-0.25, -0.2) is 14.4 Å². The first kappa shape index (κ1) is 13.2. The molecule has 1 aromatic carbocycles. The molecule has 2 heterocycles. The highest BCUT2D eigenvalue weighted by molar-refractivity contribution is 5.59. The molecule has 0 spiro atoms. The molecule has 1 saturated heterocycles. The Bertz CT molecular complexity index is 606. The lowest BCUT2D eigenvalue weighted by Gasteiger charge is -2.22. The Morgan fingerprint density at radius 3 is 2.90 bits per heavy atom. The smallest absolute Gasteiger partial charge is 0.133 e. The fourth-order valence-corrected chi connectivity index (χ4v) is 2.64. The molecule has 1 N–H and O–H groups in total. The van der Waals surface area contributed by atoms with Crippen molar-refractivity contribution in [3.05, 3.63) is 47.7 Å². The Kier molecular flexibility index (Phi) is 3.74. The van der Waals surface area contributed by atoms with Crippen molar-refractivity contribution in [2.45, 2.75) is 25.7 Å². The molecule has 1 aromatic heterocycles. The molecule has 0 unspecified atom stereocenters. The molecule has 3 nitrogen and oxygen atoms in total. The van der Waals surface area contributed by atoms with Crippen LogP contribution in [0.2, 0.25) is 0 Å². The monoisotopic (exact) mass is 271 g/mol. The molecule has 2 aromatic rings. The van der Waals surface area contributed by atoms with Crippen LogP contribution < -0.4 is 5.32 Å². The maximum absolute atomic E-state index is 13.4. The van der Waals surface area contributed by atoms with Gasteiger partial charge >= 0.3 is 0 Å². The maximum atomic E-state index is 13.4. The Hall–Kier alpha value is -1.81. The van der Waals surface area contributed by atoms with E-state index in [0.717, 1.165) is 48.7 Å². The summed E-state index contributed by atoms with van der Waals surface area (Å²) < 4.78 is 13.4. The van der Waals surface area contributed by atoms with Crippen LogP contribution in [0.15, 0.2) is 30.3 Å². The minimum absolute atomic E-state index is 0.236. The Morgan fingerprint density at radius 1 is 1.25 bits per heavy atom. The summed E-state index contributed by atoms with van der Waals surface area (Å²) in [4.78, 5) is 9.21. The highest BCUT2D eigenvalue weighted by Gasteiger charge is 2.19. The minimum Gasteiger partial charge on any atom is -0.316 e. The molecule has 0 radical (unpaired) electrons. The van der Waals surface area contributed by atoms with Gasteiger partial charge < -0.3 is 5.32 Å². The topological polar surface area (TPSA) is 37.8 Å². The van der Waals surface area contributed by atoms with Gasteiger partial charge in [0, 0.05) is 23.7 Å². The zero-order valence-corrected chi connectivity index (χ0v) is 11.6. The lowest BCUT2D eigenvalue weighted by atomic mass is 9.98. The third kappa shape index (κ3) is 2.85. The van der Waals surface area contributed by atoms with Crippen LogP contribution in [0.3, 0.4) is 0 Å². The van der Waals surface area contributed by atoms with Gasteiger partial charge in [0.25, 0.3) is 0 Å². The van der Waals surface area contributed by atoms with Crippen LogP contribution >= 0.6 is 0 Å². The van der Waals surface area contributed by atoms with Crippen molar-refractivity contribution >= 4 is 0 Å².